The summed E-state index contributed by atoms with van der Waals surface area (Å²) in [6.07, 6.45) is 7.96. The van der Waals surface area contributed by atoms with E-state index in [2.05, 4.69) is 10.6 Å². The van der Waals surface area contributed by atoms with Crippen molar-refractivity contribution in [3.05, 3.63) is 0 Å². The highest BCUT2D eigenvalue weighted by Crippen LogP contribution is 2.40. The Morgan fingerprint density at radius 2 is 2.12 bits per heavy atom. The van der Waals surface area contributed by atoms with Gasteiger partial charge in [-0.1, -0.05) is 12.8 Å². The lowest BCUT2D eigenvalue weighted by Crippen LogP contribution is -2.49. The summed E-state index contributed by atoms with van der Waals surface area (Å²) in [7, 11) is 0. The maximum atomic E-state index is 11.2. The van der Waals surface area contributed by atoms with E-state index >= 15 is 0 Å². The lowest BCUT2D eigenvalue weighted by Gasteiger charge is -2.39. The van der Waals surface area contributed by atoms with Gasteiger partial charge in [0, 0.05) is 31.7 Å². The van der Waals surface area contributed by atoms with Gasteiger partial charge in [0.1, 0.15) is 0 Å². The molecule has 0 aromatic carbocycles. The summed E-state index contributed by atoms with van der Waals surface area (Å²) in [5.74, 6) is 0.185. The highest BCUT2D eigenvalue weighted by atomic mass is 16.5. The predicted octanol–water partition coefficient (Wildman–Crippen LogP) is 0.956. The molecule has 1 saturated carbocycles. The van der Waals surface area contributed by atoms with E-state index in [1.165, 1.54) is 25.7 Å². The number of amides is 1. The van der Waals surface area contributed by atoms with Crippen LogP contribution in [-0.4, -0.2) is 36.7 Å². The molecule has 4 heteroatoms. The Balaban J connectivity index is 1.55. The van der Waals surface area contributed by atoms with Crippen molar-refractivity contribution >= 4 is 5.91 Å². The maximum absolute atomic E-state index is 11.2. The molecule has 2 saturated heterocycles. The fraction of sp³-hybridized carbons (Fsp3) is 0.923. The summed E-state index contributed by atoms with van der Waals surface area (Å²) >= 11 is 0. The lowest BCUT2D eigenvalue weighted by atomic mass is 9.88. The quantitative estimate of drug-likeness (QED) is 0.753. The van der Waals surface area contributed by atoms with Crippen LogP contribution >= 0.6 is 0 Å². The zero-order chi connectivity index (χ0) is 11.7. The molecular weight excluding hydrogens is 216 g/mol. The van der Waals surface area contributed by atoms with Gasteiger partial charge in [-0.25, -0.2) is 0 Å². The second kappa shape index (κ2) is 4.58. The van der Waals surface area contributed by atoms with Gasteiger partial charge in [-0.3, -0.25) is 4.79 Å². The van der Waals surface area contributed by atoms with E-state index in [0.717, 1.165) is 26.0 Å². The SMILES string of the molecule is O=C1CC(NC2CCOC3(CCCC3)C2)CN1. The van der Waals surface area contributed by atoms with Gasteiger partial charge in [0.05, 0.1) is 5.60 Å². The van der Waals surface area contributed by atoms with Gasteiger partial charge in [-0.2, -0.15) is 0 Å². The first-order valence-corrected chi connectivity index (χ1v) is 6.93. The van der Waals surface area contributed by atoms with Crippen LogP contribution in [0.3, 0.4) is 0 Å². The molecule has 1 aliphatic carbocycles. The van der Waals surface area contributed by atoms with Crippen LogP contribution in [0.5, 0.6) is 0 Å². The van der Waals surface area contributed by atoms with Crippen molar-refractivity contribution in [3.63, 3.8) is 0 Å². The Morgan fingerprint density at radius 3 is 2.82 bits per heavy atom. The average molecular weight is 238 g/mol. The molecule has 0 radical (unpaired) electrons. The number of nitrogens with one attached hydrogen (secondary N) is 2. The van der Waals surface area contributed by atoms with Gasteiger partial charge in [-0.15, -0.1) is 0 Å². The molecule has 0 bridgehead atoms. The Morgan fingerprint density at radius 1 is 1.29 bits per heavy atom. The number of carbonyl (C=O) groups is 1. The van der Waals surface area contributed by atoms with Crippen LogP contribution < -0.4 is 10.6 Å². The molecule has 1 spiro atoms. The molecule has 3 fully saturated rings. The van der Waals surface area contributed by atoms with Crippen molar-refractivity contribution in [3.8, 4) is 0 Å². The van der Waals surface area contributed by atoms with E-state index in [4.69, 9.17) is 4.74 Å². The zero-order valence-electron chi connectivity index (χ0n) is 10.3. The number of hydrogen-bond acceptors (Lipinski definition) is 3. The Hall–Kier alpha value is -0.610. The second-order valence-corrected chi connectivity index (χ2v) is 5.80. The highest BCUT2D eigenvalue weighted by Gasteiger charge is 2.40. The normalized spacial score (nSPS) is 36.4. The van der Waals surface area contributed by atoms with E-state index in [-0.39, 0.29) is 11.5 Å². The van der Waals surface area contributed by atoms with E-state index in [0.29, 0.717) is 18.5 Å². The minimum absolute atomic E-state index is 0.173. The molecule has 4 nitrogen and oxygen atoms in total. The Labute approximate surface area is 102 Å². The van der Waals surface area contributed by atoms with Crippen LogP contribution in [0.4, 0.5) is 0 Å². The summed E-state index contributed by atoms with van der Waals surface area (Å²) in [6.45, 7) is 1.68. The largest absolute Gasteiger partial charge is 0.375 e. The molecule has 3 aliphatic rings. The van der Waals surface area contributed by atoms with Crippen molar-refractivity contribution in [1.29, 1.82) is 0 Å². The highest BCUT2D eigenvalue weighted by molar-refractivity contribution is 5.78. The van der Waals surface area contributed by atoms with Gasteiger partial charge >= 0.3 is 0 Å². The Bertz CT molecular complexity index is 300. The standard InChI is InChI=1S/C13H22N2O2/c16-12-7-11(9-14-12)15-10-3-6-17-13(8-10)4-1-2-5-13/h10-11,15H,1-9H2,(H,14,16). The minimum atomic E-state index is 0.173. The fourth-order valence-electron chi connectivity index (χ4n) is 3.59. The predicted molar refractivity (Wildman–Crippen MR) is 64.7 cm³/mol. The average Bonchev–Trinajstić information content (AvgIpc) is 2.89. The number of ether oxygens (including phenoxy) is 1. The first kappa shape index (κ1) is 11.5. The lowest BCUT2D eigenvalue weighted by molar-refractivity contribution is -0.119. The van der Waals surface area contributed by atoms with E-state index in [1.54, 1.807) is 0 Å². The maximum Gasteiger partial charge on any atom is 0.221 e. The zero-order valence-corrected chi connectivity index (χ0v) is 10.3. The molecule has 2 N–H and O–H groups in total. The molecule has 2 aliphatic heterocycles. The van der Waals surface area contributed by atoms with Gasteiger partial charge in [0.2, 0.25) is 5.91 Å². The molecule has 2 atom stereocenters. The summed E-state index contributed by atoms with van der Waals surface area (Å²) in [5.41, 5.74) is 0.173. The van der Waals surface area contributed by atoms with Crippen LogP contribution in [0.1, 0.15) is 44.9 Å². The van der Waals surface area contributed by atoms with Gasteiger partial charge in [0.15, 0.2) is 0 Å². The molecule has 17 heavy (non-hydrogen) atoms. The molecular formula is C13H22N2O2. The number of rotatable bonds is 2. The third kappa shape index (κ3) is 2.47. The van der Waals surface area contributed by atoms with Crippen molar-refractivity contribution in [2.24, 2.45) is 0 Å². The second-order valence-electron chi connectivity index (χ2n) is 5.80. The Kier molecular flexibility index (Phi) is 3.09. The van der Waals surface area contributed by atoms with Gasteiger partial charge < -0.3 is 15.4 Å². The van der Waals surface area contributed by atoms with Crippen molar-refractivity contribution in [2.45, 2.75) is 62.6 Å². The van der Waals surface area contributed by atoms with Gasteiger partial charge in [0.25, 0.3) is 0 Å². The van der Waals surface area contributed by atoms with Crippen molar-refractivity contribution in [2.75, 3.05) is 13.2 Å². The molecule has 3 rings (SSSR count). The molecule has 1 amide bonds. The van der Waals surface area contributed by atoms with E-state index in [9.17, 15) is 4.79 Å². The summed E-state index contributed by atoms with van der Waals surface area (Å²) in [5, 5.41) is 6.52. The molecule has 96 valence electrons. The number of hydrogen-bond donors (Lipinski definition) is 2. The summed E-state index contributed by atoms with van der Waals surface area (Å²) < 4.78 is 6.02. The van der Waals surface area contributed by atoms with E-state index in [1.807, 2.05) is 0 Å². The van der Waals surface area contributed by atoms with E-state index < -0.39 is 0 Å². The fourth-order valence-corrected chi connectivity index (χ4v) is 3.59. The molecule has 0 aromatic rings. The first-order valence-electron chi connectivity index (χ1n) is 6.93. The minimum Gasteiger partial charge on any atom is -0.375 e. The number of carbonyl (C=O) groups excluding carboxylic acids is 1. The first-order chi connectivity index (χ1) is 8.26. The summed E-state index contributed by atoms with van der Waals surface area (Å²) in [6, 6.07) is 0.878. The molecule has 2 unspecified atom stereocenters. The van der Waals surface area contributed by atoms with Crippen LogP contribution in [-0.2, 0) is 9.53 Å². The van der Waals surface area contributed by atoms with Gasteiger partial charge in [-0.05, 0) is 25.7 Å². The molecule has 2 heterocycles. The smallest absolute Gasteiger partial charge is 0.221 e. The van der Waals surface area contributed by atoms with Crippen molar-refractivity contribution in [1.82, 2.24) is 10.6 Å². The third-order valence-electron chi connectivity index (χ3n) is 4.46. The monoisotopic (exact) mass is 238 g/mol. The van der Waals surface area contributed by atoms with Crippen LogP contribution in [0, 0.1) is 0 Å². The topological polar surface area (TPSA) is 50.4 Å². The van der Waals surface area contributed by atoms with Crippen LogP contribution in [0.25, 0.3) is 0 Å². The van der Waals surface area contributed by atoms with Crippen molar-refractivity contribution < 1.29 is 9.53 Å². The molecule has 0 aromatic heterocycles. The van der Waals surface area contributed by atoms with Crippen LogP contribution in [0.15, 0.2) is 0 Å². The third-order valence-corrected chi connectivity index (χ3v) is 4.46. The summed E-state index contributed by atoms with van der Waals surface area (Å²) in [4.78, 5) is 11.2. The van der Waals surface area contributed by atoms with Crippen LogP contribution in [0.2, 0.25) is 0 Å².